The highest BCUT2D eigenvalue weighted by Gasteiger charge is 2.24. The van der Waals surface area contributed by atoms with Crippen molar-refractivity contribution in [3.63, 3.8) is 0 Å². The molecule has 0 aliphatic carbocycles. The van der Waals surface area contributed by atoms with Crippen LogP contribution in [0.5, 0.6) is 0 Å². The minimum absolute atomic E-state index is 0. The lowest BCUT2D eigenvalue weighted by atomic mass is 9.87. The third-order valence-electron chi connectivity index (χ3n) is 4.43. The zero-order valence-corrected chi connectivity index (χ0v) is 19.9. The van der Waals surface area contributed by atoms with Gasteiger partial charge in [0.05, 0.1) is 19.0 Å². The molecule has 26 heavy (non-hydrogen) atoms. The molecule has 7 nitrogen and oxygen atoms in total. The number of ether oxygens (including phenoxy) is 1. The van der Waals surface area contributed by atoms with E-state index in [1.807, 2.05) is 0 Å². The Morgan fingerprint density at radius 1 is 1.19 bits per heavy atom. The summed E-state index contributed by atoms with van der Waals surface area (Å²) < 4.78 is 31.3. The number of unbranched alkanes of at least 4 members (excludes halogenated alkanes) is 2. The summed E-state index contributed by atoms with van der Waals surface area (Å²) in [4.78, 5) is 4.19. The largest absolute Gasteiger partial charge is 0.379 e. The van der Waals surface area contributed by atoms with Crippen LogP contribution in [0.2, 0.25) is 0 Å². The van der Waals surface area contributed by atoms with E-state index in [0.717, 1.165) is 13.0 Å². The van der Waals surface area contributed by atoms with Gasteiger partial charge in [-0.25, -0.2) is 8.42 Å². The Balaban J connectivity index is 0.00000625. The van der Waals surface area contributed by atoms with Crippen LogP contribution >= 0.6 is 24.0 Å². The van der Waals surface area contributed by atoms with Gasteiger partial charge in [-0.15, -0.1) is 24.0 Å². The lowest BCUT2D eigenvalue weighted by Crippen LogP contribution is -2.46. The highest BCUT2D eigenvalue weighted by Crippen LogP contribution is 2.22. The first-order valence-electron chi connectivity index (χ1n) is 9.31. The average Bonchev–Trinajstić information content (AvgIpc) is 2.58. The van der Waals surface area contributed by atoms with Crippen LogP contribution in [-0.2, 0) is 14.8 Å². The predicted octanol–water partition coefficient (Wildman–Crippen LogP) is 2.04. The fourth-order valence-electron chi connectivity index (χ4n) is 2.74. The topological polar surface area (TPSA) is 83.0 Å². The Bertz CT molecular complexity index is 506. The molecule has 0 atom stereocenters. The molecule has 9 heteroatoms. The normalized spacial score (nSPS) is 16.8. The summed E-state index contributed by atoms with van der Waals surface area (Å²) in [5.41, 5.74) is 0.187. The molecule has 0 unspecified atom stereocenters. The summed E-state index contributed by atoms with van der Waals surface area (Å²) in [5, 5.41) is 6.42. The van der Waals surface area contributed by atoms with Gasteiger partial charge in [0, 0.05) is 33.2 Å². The molecular weight excluding hydrogens is 467 g/mol. The highest BCUT2D eigenvalue weighted by atomic mass is 127. The van der Waals surface area contributed by atoms with E-state index in [1.54, 1.807) is 7.05 Å². The third kappa shape index (κ3) is 10.3. The number of nitrogens with one attached hydrogen (secondary N) is 2. The van der Waals surface area contributed by atoms with Gasteiger partial charge in [-0.3, -0.25) is 4.99 Å². The van der Waals surface area contributed by atoms with E-state index < -0.39 is 10.0 Å². The molecule has 0 bridgehead atoms. The fourth-order valence-corrected chi connectivity index (χ4v) is 4.06. The SMILES string of the molecule is CCCCCC(C)(C)CNC(=NC)NCCS(=O)(=O)N1CCOCC1.I. The van der Waals surface area contributed by atoms with E-state index in [9.17, 15) is 8.42 Å². The van der Waals surface area contributed by atoms with Crippen molar-refractivity contribution in [2.24, 2.45) is 10.4 Å². The van der Waals surface area contributed by atoms with Crippen molar-refractivity contribution < 1.29 is 13.2 Å². The van der Waals surface area contributed by atoms with Gasteiger partial charge < -0.3 is 15.4 Å². The first kappa shape index (κ1) is 25.9. The highest BCUT2D eigenvalue weighted by molar-refractivity contribution is 14.0. The van der Waals surface area contributed by atoms with Crippen molar-refractivity contribution in [1.29, 1.82) is 0 Å². The molecule has 1 rings (SSSR count). The average molecular weight is 504 g/mol. The number of sulfonamides is 1. The zero-order valence-electron chi connectivity index (χ0n) is 16.7. The molecule has 1 aliphatic heterocycles. The Morgan fingerprint density at radius 3 is 2.42 bits per heavy atom. The molecule has 1 saturated heterocycles. The Kier molecular flexibility index (Phi) is 13.0. The molecule has 0 aromatic carbocycles. The molecule has 156 valence electrons. The number of guanidine groups is 1. The monoisotopic (exact) mass is 504 g/mol. The number of hydrogen-bond donors (Lipinski definition) is 2. The first-order chi connectivity index (χ1) is 11.8. The van der Waals surface area contributed by atoms with Crippen LogP contribution < -0.4 is 10.6 Å². The molecule has 0 aromatic heterocycles. The van der Waals surface area contributed by atoms with Crippen molar-refractivity contribution in [2.45, 2.75) is 46.5 Å². The molecule has 0 radical (unpaired) electrons. The number of morpholine rings is 1. The second-order valence-electron chi connectivity index (χ2n) is 7.30. The Hall–Kier alpha value is -0.130. The second kappa shape index (κ2) is 13.1. The molecular formula is C17H37IN4O3S. The van der Waals surface area contributed by atoms with E-state index in [-0.39, 0.29) is 35.1 Å². The van der Waals surface area contributed by atoms with Gasteiger partial charge in [0.2, 0.25) is 10.0 Å². The maximum atomic E-state index is 12.3. The van der Waals surface area contributed by atoms with Crippen LogP contribution in [0.1, 0.15) is 46.5 Å². The molecule has 0 spiro atoms. The number of rotatable bonds is 10. The third-order valence-corrected chi connectivity index (χ3v) is 6.30. The molecule has 1 fully saturated rings. The van der Waals surface area contributed by atoms with Gasteiger partial charge in [-0.2, -0.15) is 4.31 Å². The maximum Gasteiger partial charge on any atom is 0.215 e. The quantitative estimate of drug-likeness (QED) is 0.206. The minimum atomic E-state index is -3.24. The molecule has 0 amide bonds. The van der Waals surface area contributed by atoms with Gasteiger partial charge >= 0.3 is 0 Å². The molecule has 0 aromatic rings. The van der Waals surface area contributed by atoms with Crippen LogP contribution in [0.3, 0.4) is 0 Å². The van der Waals surface area contributed by atoms with Gasteiger partial charge in [0.25, 0.3) is 0 Å². The molecule has 1 heterocycles. The summed E-state index contributed by atoms with van der Waals surface area (Å²) in [6, 6.07) is 0. The van der Waals surface area contributed by atoms with Crippen molar-refractivity contribution in [2.75, 3.05) is 52.2 Å². The minimum Gasteiger partial charge on any atom is -0.379 e. The van der Waals surface area contributed by atoms with E-state index in [4.69, 9.17) is 4.74 Å². The number of halogens is 1. The first-order valence-corrected chi connectivity index (χ1v) is 10.9. The molecule has 0 saturated carbocycles. The van der Waals surface area contributed by atoms with E-state index in [1.165, 1.54) is 23.6 Å². The number of nitrogens with zero attached hydrogens (tertiary/aromatic N) is 2. The summed E-state index contributed by atoms with van der Waals surface area (Å²) in [5.74, 6) is 0.717. The van der Waals surface area contributed by atoms with E-state index in [0.29, 0.717) is 38.8 Å². The standard InChI is InChI=1S/C17H36N4O3S.HI/c1-5-6-7-8-17(2,3)15-20-16(18-4)19-9-14-25(22,23)21-10-12-24-13-11-21;/h5-15H2,1-4H3,(H2,18,19,20);1H. The van der Waals surface area contributed by atoms with E-state index >= 15 is 0 Å². The summed E-state index contributed by atoms with van der Waals surface area (Å²) in [6.07, 6.45) is 4.88. The van der Waals surface area contributed by atoms with Crippen LogP contribution in [-0.4, -0.2) is 70.9 Å². The lowest BCUT2D eigenvalue weighted by Gasteiger charge is -2.27. The second-order valence-corrected chi connectivity index (χ2v) is 9.39. The van der Waals surface area contributed by atoms with Crippen LogP contribution in [0, 0.1) is 5.41 Å². The Labute approximate surface area is 176 Å². The van der Waals surface area contributed by atoms with Gasteiger partial charge in [-0.1, -0.05) is 40.0 Å². The smallest absolute Gasteiger partial charge is 0.215 e. The van der Waals surface area contributed by atoms with Crippen LogP contribution in [0.25, 0.3) is 0 Å². The summed E-state index contributed by atoms with van der Waals surface area (Å²) in [6.45, 7) is 9.69. The van der Waals surface area contributed by atoms with Gasteiger partial charge in [0.15, 0.2) is 5.96 Å². The van der Waals surface area contributed by atoms with Crippen molar-refractivity contribution in [3.8, 4) is 0 Å². The van der Waals surface area contributed by atoms with E-state index in [2.05, 4.69) is 36.4 Å². The van der Waals surface area contributed by atoms with Crippen molar-refractivity contribution >= 4 is 40.0 Å². The van der Waals surface area contributed by atoms with Crippen molar-refractivity contribution in [3.05, 3.63) is 0 Å². The van der Waals surface area contributed by atoms with Gasteiger partial charge in [-0.05, 0) is 11.8 Å². The van der Waals surface area contributed by atoms with Crippen LogP contribution in [0.15, 0.2) is 4.99 Å². The summed E-state index contributed by atoms with van der Waals surface area (Å²) >= 11 is 0. The lowest BCUT2D eigenvalue weighted by molar-refractivity contribution is 0.0730. The molecule has 2 N–H and O–H groups in total. The number of aliphatic imine (C=N–C) groups is 1. The Morgan fingerprint density at radius 2 is 1.85 bits per heavy atom. The van der Waals surface area contributed by atoms with Gasteiger partial charge in [0.1, 0.15) is 0 Å². The maximum absolute atomic E-state index is 12.3. The number of hydrogen-bond acceptors (Lipinski definition) is 4. The zero-order chi connectivity index (χ0) is 18.8. The fraction of sp³-hybridized carbons (Fsp3) is 0.941. The van der Waals surface area contributed by atoms with Crippen LogP contribution in [0.4, 0.5) is 0 Å². The summed E-state index contributed by atoms with van der Waals surface area (Å²) in [7, 11) is -1.53. The molecule has 1 aliphatic rings. The predicted molar refractivity (Wildman–Crippen MR) is 119 cm³/mol. The van der Waals surface area contributed by atoms with Crippen molar-refractivity contribution in [1.82, 2.24) is 14.9 Å².